The molecule has 0 spiro atoms. The smallest absolute Gasteiger partial charge is 0.239 e. The number of thioether (sulfide) groups is 1. The van der Waals surface area contributed by atoms with Gasteiger partial charge in [-0.15, -0.1) is 11.3 Å². The molecular formula is C23H21N3OS2. The highest BCUT2D eigenvalue weighted by Gasteiger charge is 2.17. The minimum atomic E-state index is -0.283. The minimum absolute atomic E-state index is 0.0765. The van der Waals surface area contributed by atoms with E-state index in [0.29, 0.717) is 5.13 Å². The Morgan fingerprint density at radius 2 is 1.83 bits per heavy atom. The molecule has 2 heterocycles. The van der Waals surface area contributed by atoms with Gasteiger partial charge < -0.3 is 5.32 Å². The number of amides is 1. The molecule has 0 saturated heterocycles. The van der Waals surface area contributed by atoms with Crippen LogP contribution in [0.15, 0.2) is 65.0 Å². The second-order valence-corrected chi connectivity index (χ2v) is 9.17. The molecule has 1 amide bonds. The number of pyridine rings is 1. The van der Waals surface area contributed by atoms with Crippen LogP contribution in [0, 0.1) is 13.8 Å². The molecule has 6 heteroatoms. The van der Waals surface area contributed by atoms with E-state index in [9.17, 15) is 4.79 Å². The van der Waals surface area contributed by atoms with E-state index in [-0.39, 0.29) is 11.2 Å². The normalized spacial score (nSPS) is 12.1. The van der Waals surface area contributed by atoms with Gasteiger partial charge in [0.1, 0.15) is 0 Å². The molecule has 4 nitrogen and oxygen atoms in total. The number of aryl methyl sites for hydroxylation is 2. The van der Waals surface area contributed by atoms with E-state index in [2.05, 4.69) is 47.3 Å². The van der Waals surface area contributed by atoms with Crippen molar-refractivity contribution in [3.63, 3.8) is 0 Å². The van der Waals surface area contributed by atoms with Crippen LogP contribution in [-0.2, 0) is 4.79 Å². The molecule has 1 unspecified atom stereocenters. The Bertz CT molecular complexity index is 1170. The maximum Gasteiger partial charge on any atom is 0.239 e. The summed E-state index contributed by atoms with van der Waals surface area (Å²) in [6, 6.07) is 18.3. The predicted octanol–water partition coefficient (Wildman–Crippen LogP) is 6.09. The van der Waals surface area contributed by atoms with Gasteiger partial charge in [-0.25, -0.2) is 9.97 Å². The molecule has 0 aliphatic heterocycles. The molecule has 0 aliphatic carbocycles. The van der Waals surface area contributed by atoms with Crippen LogP contribution < -0.4 is 5.32 Å². The molecule has 2 aromatic heterocycles. The third-order valence-electron chi connectivity index (χ3n) is 4.65. The van der Waals surface area contributed by atoms with E-state index >= 15 is 0 Å². The zero-order valence-electron chi connectivity index (χ0n) is 16.5. The fourth-order valence-corrected chi connectivity index (χ4v) is 4.66. The van der Waals surface area contributed by atoms with Gasteiger partial charge in [0.05, 0.1) is 21.5 Å². The van der Waals surface area contributed by atoms with Crippen LogP contribution >= 0.6 is 23.1 Å². The van der Waals surface area contributed by atoms with Gasteiger partial charge in [0, 0.05) is 16.3 Å². The number of carbonyl (C=O) groups excluding carboxylic acids is 1. The molecule has 146 valence electrons. The fourth-order valence-electron chi connectivity index (χ4n) is 3.01. The van der Waals surface area contributed by atoms with Crippen LogP contribution in [-0.4, -0.2) is 21.1 Å². The lowest BCUT2D eigenvalue weighted by Gasteiger charge is -2.11. The predicted molar refractivity (Wildman–Crippen MR) is 123 cm³/mol. The van der Waals surface area contributed by atoms with Crippen molar-refractivity contribution in [3.05, 3.63) is 71.1 Å². The molecule has 0 fully saturated rings. The van der Waals surface area contributed by atoms with Gasteiger partial charge in [0.2, 0.25) is 5.91 Å². The van der Waals surface area contributed by atoms with Gasteiger partial charge in [-0.3, -0.25) is 4.79 Å². The van der Waals surface area contributed by atoms with E-state index in [1.165, 1.54) is 28.7 Å². The number of carbonyl (C=O) groups is 1. The van der Waals surface area contributed by atoms with Crippen molar-refractivity contribution in [3.8, 4) is 11.3 Å². The highest BCUT2D eigenvalue weighted by molar-refractivity contribution is 8.00. The Morgan fingerprint density at radius 3 is 2.62 bits per heavy atom. The molecule has 4 rings (SSSR count). The summed E-state index contributed by atoms with van der Waals surface area (Å²) in [6.07, 6.45) is 0. The van der Waals surface area contributed by atoms with Crippen LogP contribution in [0.2, 0.25) is 0 Å². The largest absolute Gasteiger partial charge is 0.301 e. The van der Waals surface area contributed by atoms with Crippen molar-refractivity contribution < 1.29 is 4.79 Å². The fraction of sp³-hybridized carbons (Fsp3) is 0.174. The molecule has 0 radical (unpaired) electrons. The van der Waals surface area contributed by atoms with Crippen LogP contribution in [0.3, 0.4) is 0 Å². The Kier molecular flexibility index (Phi) is 5.65. The van der Waals surface area contributed by atoms with Crippen molar-refractivity contribution in [2.45, 2.75) is 31.0 Å². The number of fused-ring (bicyclic) bond motifs is 1. The SMILES string of the molecule is Cc1ccc(-c2csc(NC(=O)C(C)Sc3cc(C)c4ccccc4n3)n2)cc1. The van der Waals surface area contributed by atoms with Crippen LogP contribution in [0.5, 0.6) is 0 Å². The Morgan fingerprint density at radius 1 is 1.07 bits per heavy atom. The van der Waals surface area contributed by atoms with E-state index in [1.807, 2.05) is 48.7 Å². The maximum atomic E-state index is 12.7. The number of para-hydroxylation sites is 1. The average Bonchev–Trinajstić information content (AvgIpc) is 3.17. The number of hydrogen-bond donors (Lipinski definition) is 1. The van der Waals surface area contributed by atoms with E-state index in [1.54, 1.807) is 0 Å². The summed E-state index contributed by atoms with van der Waals surface area (Å²) >= 11 is 2.90. The third-order valence-corrected chi connectivity index (χ3v) is 6.42. The number of nitrogens with one attached hydrogen (secondary N) is 1. The summed E-state index contributed by atoms with van der Waals surface area (Å²) in [5.41, 5.74) is 5.24. The van der Waals surface area contributed by atoms with E-state index in [0.717, 1.165) is 32.7 Å². The molecule has 0 bridgehead atoms. The lowest BCUT2D eigenvalue weighted by Crippen LogP contribution is -2.22. The topological polar surface area (TPSA) is 54.9 Å². The monoisotopic (exact) mass is 419 g/mol. The lowest BCUT2D eigenvalue weighted by atomic mass is 10.1. The van der Waals surface area contributed by atoms with Gasteiger partial charge >= 0.3 is 0 Å². The number of aromatic nitrogens is 2. The first kappa shape index (κ1) is 19.6. The number of anilines is 1. The molecule has 0 saturated carbocycles. The first-order chi connectivity index (χ1) is 14.0. The van der Waals surface area contributed by atoms with Crippen LogP contribution in [0.1, 0.15) is 18.1 Å². The zero-order chi connectivity index (χ0) is 20.4. The van der Waals surface area contributed by atoms with E-state index in [4.69, 9.17) is 0 Å². The number of thiazole rings is 1. The molecule has 1 atom stereocenters. The van der Waals surface area contributed by atoms with E-state index < -0.39 is 0 Å². The molecule has 2 aromatic carbocycles. The summed E-state index contributed by atoms with van der Waals surface area (Å²) in [7, 11) is 0. The second-order valence-electron chi connectivity index (χ2n) is 6.95. The van der Waals surface area contributed by atoms with Gasteiger partial charge in [0.25, 0.3) is 0 Å². The number of rotatable bonds is 5. The molecule has 29 heavy (non-hydrogen) atoms. The molecule has 1 N–H and O–H groups in total. The van der Waals surface area contributed by atoms with Crippen molar-refractivity contribution in [1.82, 2.24) is 9.97 Å². The molecule has 4 aromatic rings. The Labute approximate surface area is 178 Å². The standard InChI is InChI=1S/C23H21N3OS2/c1-14-8-10-17(11-9-14)20-13-28-23(25-20)26-22(27)16(3)29-21-12-15(2)18-6-4-5-7-19(18)24-21/h4-13,16H,1-3H3,(H,25,26,27). The van der Waals surface area contributed by atoms with Crippen molar-refractivity contribution >= 4 is 45.0 Å². The van der Waals surface area contributed by atoms with Gasteiger partial charge in [0.15, 0.2) is 5.13 Å². The van der Waals surface area contributed by atoms with Gasteiger partial charge in [-0.1, -0.05) is 59.8 Å². The lowest BCUT2D eigenvalue weighted by molar-refractivity contribution is -0.115. The third kappa shape index (κ3) is 4.49. The first-order valence-corrected chi connectivity index (χ1v) is 11.1. The Hall–Kier alpha value is -2.70. The quantitative estimate of drug-likeness (QED) is 0.397. The van der Waals surface area contributed by atoms with Gasteiger partial charge in [-0.05, 0) is 38.5 Å². The summed E-state index contributed by atoms with van der Waals surface area (Å²) < 4.78 is 0. The highest BCUT2D eigenvalue weighted by atomic mass is 32.2. The zero-order valence-corrected chi connectivity index (χ0v) is 18.1. The van der Waals surface area contributed by atoms with Crippen LogP contribution in [0.25, 0.3) is 22.2 Å². The maximum absolute atomic E-state index is 12.7. The Balaban J connectivity index is 1.44. The minimum Gasteiger partial charge on any atom is -0.301 e. The number of benzene rings is 2. The summed E-state index contributed by atoms with van der Waals surface area (Å²) in [5.74, 6) is -0.0765. The summed E-state index contributed by atoms with van der Waals surface area (Å²) in [5, 5.41) is 7.22. The highest BCUT2D eigenvalue weighted by Crippen LogP contribution is 2.29. The molecular weight excluding hydrogens is 398 g/mol. The van der Waals surface area contributed by atoms with Crippen molar-refractivity contribution in [2.75, 3.05) is 5.32 Å². The number of nitrogens with zero attached hydrogens (tertiary/aromatic N) is 2. The molecule has 0 aliphatic rings. The first-order valence-electron chi connectivity index (χ1n) is 9.36. The van der Waals surface area contributed by atoms with Gasteiger partial charge in [-0.2, -0.15) is 0 Å². The summed E-state index contributed by atoms with van der Waals surface area (Å²) in [6.45, 7) is 6.02. The van der Waals surface area contributed by atoms with Crippen LogP contribution in [0.4, 0.5) is 5.13 Å². The number of hydrogen-bond acceptors (Lipinski definition) is 5. The summed E-state index contributed by atoms with van der Waals surface area (Å²) in [4.78, 5) is 21.9. The van der Waals surface area contributed by atoms with Crippen molar-refractivity contribution in [2.24, 2.45) is 0 Å². The van der Waals surface area contributed by atoms with Crippen molar-refractivity contribution in [1.29, 1.82) is 0 Å². The average molecular weight is 420 g/mol. The second kappa shape index (κ2) is 8.35.